The molecule has 0 radical (unpaired) electrons. The van der Waals surface area contributed by atoms with Crippen LogP contribution >= 0.6 is 0 Å². The molecule has 0 aromatic rings. The molecule has 4 nitrogen and oxygen atoms in total. The van der Waals surface area contributed by atoms with Crippen molar-refractivity contribution >= 4 is 5.91 Å². The van der Waals surface area contributed by atoms with Crippen molar-refractivity contribution < 1.29 is 9.53 Å². The van der Waals surface area contributed by atoms with Crippen LogP contribution in [0.4, 0.5) is 0 Å². The summed E-state index contributed by atoms with van der Waals surface area (Å²) < 4.78 is 5.18. The molecular formula is C13H24N2O2. The lowest BCUT2D eigenvalue weighted by molar-refractivity contribution is -0.137. The lowest BCUT2D eigenvalue weighted by Crippen LogP contribution is -2.44. The van der Waals surface area contributed by atoms with Gasteiger partial charge in [0, 0.05) is 32.8 Å². The Bertz CT molecular complexity index is 262. The van der Waals surface area contributed by atoms with Crippen molar-refractivity contribution in [3.8, 4) is 0 Å². The molecule has 2 saturated heterocycles. The fraction of sp³-hybridized carbons (Fsp3) is 0.923. The first-order valence-electron chi connectivity index (χ1n) is 6.73. The maximum absolute atomic E-state index is 12.3. The number of likely N-dealkylation sites (tertiary alicyclic amines) is 1. The third-order valence-corrected chi connectivity index (χ3v) is 4.17. The van der Waals surface area contributed by atoms with E-state index in [0.29, 0.717) is 17.9 Å². The molecule has 2 fully saturated rings. The van der Waals surface area contributed by atoms with Gasteiger partial charge in [0.1, 0.15) is 0 Å². The molecule has 0 saturated carbocycles. The van der Waals surface area contributed by atoms with Gasteiger partial charge in [-0.15, -0.1) is 0 Å². The summed E-state index contributed by atoms with van der Waals surface area (Å²) in [6.07, 6.45) is 3.18. The molecule has 2 aliphatic rings. The van der Waals surface area contributed by atoms with Gasteiger partial charge in [-0.3, -0.25) is 4.79 Å². The molecule has 2 rings (SSSR count). The third-order valence-electron chi connectivity index (χ3n) is 4.17. The van der Waals surface area contributed by atoms with Crippen molar-refractivity contribution in [1.82, 2.24) is 10.2 Å². The number of carbonyl (C=O) groups excluding carboxylic acids is 1. The zero-order valence-electron chi connectivity index (χ0n) is 10.9. The number of nitrogens with zero attached hydrogens (tertiary/aromatic N) is 1. The highest BCUT2D eigenvalue weighted by Gasteiger charge is 2.34. The predicted molar refractivity (Wildman–Crippen MR) is 66.8 cm³/mol. The standard InChI is InChI=1S/C13H24N2O2/c1-10-12(3-6-14-10)13(16)15-7-4-11(5-8-15)9-17-2/h10-12,14H,3-9H2,1-2H3. The van der Waals surface area contributed by atoms with Gasteiger partial charge in [-0.25, -0.2) is 0 Å². The third kappa shape index (κ3) is 2.99. The second-order valence-corrected chi connectivity index (χ2v) is 5.36. The van der Waals surface area contributed by atoms with Crippen molar-refractivity contribution in [1.29, 1.82) is 0 Å². The summed E-state index contributed by atoms with van der Waals surface area (Å²) in [7, 11) is 1.75. The van der Waals surface area contributed by atoms with Crippen molar-refractivity contribution in [2.45, 2.75) is 32.2 Å². The minimum Gasteiger partial charge on any atom is -0.384 e. The van der Waals surface area contributed by atoms with Crippen LogP contribution in [0.1, 0.15) is 26.2 Å². The molecule has 2 heterocycles. The predicted octanol–water partition coefficient (Wildman–Crippen LogP) is 0.869. The molecule has 0 spiro atoms. The summed E-state index contributed by atoms with van der Waals surface area (Å²) in [5.41, 5.74) is 0. The van der Waals surface area contributed by atoms with Crippen molar-refractivity contribution in [2.24, 2.45) is 11.8 Å². The Hall–Kier alpha value is -0.610. The molecule has 4 heteroatoms. The molecule has 0 aliphatic carbocycles. The van der Waals surface area contributed by atoms with Crippen LogP contribution in [0.15, 0.2) is 0 Å². The number of ether oxygens (including phenoxy) is 1. The van der Waals surface area contributed by atoms with E-state index in [1.807, 2.05) is 0 Å². The Kier molecular flexibility index (Phi) is 4.40. The molecule has 1 amide bonds. The number of amides is 1. The first-order valence-corrected chi connectivity index (χ1v) is 6.73. The van der Waals surface area contributed by atoms with Crippen LogP contribution < -0.4 is 5.32 Å². The average Bonchev–Trinajstić information content (AvgIpc) is 2.76. The smallest absolute Gasteiger partial charge is 0.227 e. The maximum atomic E-state index is 12.3. The summed E-state index contributed by atoms with van der Waals surface area (Å²) in [4.78, 5) is 14.4. The maximum Gasteiger partial charge on any atom is 0.227 e. The first kappa shape index (κ1) is 12.8. The molecule has 2 aliphatic heterocycles. The van der Waals surface area contributed by atoms with E-state index in [4.69, 9.17) is 4.74 Å². The zero-order chi connectivity index (χ0) is 12.3. The summed E-state index contributed by atoms with van der Waals surface area (Å²) in [6, 6.07) is 0.346. The van der Waals surface area contributed by atoms with Gasteiger partial charge in [-0.2, -0.15) is 0 Å². The molecule has 2 atom stereocenters. The number of nitrogens with one attached hydrogen (secondary N) is 1. The van der Waals surface area contributed by atoms with Gasteiger partial charge >= 0.3 is 0 Å². The minimum atomic E-state index is 0.203. The van der Waals surface area contributed by atoms with Crippen LogP contribution in [0.2, 0.25) is 0 Å². The van der Waals surface area contributed by atoms with E-state index in [9.17, 15) is 4.79 Å². The van der Waals surface area contributed by atoms with Gasteiger partial charge in [0.05, 0.1) is 5.92 Å². The van der Waals surface area contributed by atoms with Crippen LogP contribution in [0.5, 0.6) is 0 Å². The van der Waals surface area contributed by atoms with Gasteiger partial charge < -0.3 is 15.0 Å². The number of hydrogen-bond donors (Lipinski definition) is 1. The van der Waals surface area contributed by atoms with Crippen LogP contribution in [-0.4, -0.2) is 50.2 Å². The van der Waals surface area contributed by atoms with E-state index in [1.165, 1.54) is 0 Å². The minimum absolute atomic E-state index is 0.203. The summed E-state index contributed by atoms with van der Waals surface area (Å²) >= 11 is 0. The van der Waals surface area contributed by atoms with Crippen molar-refractivity contribution in [3.05, 3.63) is 0 Å². The topological polar surface area (TPSA) is 41.6 Å². The molecular weight excluding hydrogens is 216 g/mol. The summed E-state index contributed by atoms with van der Waals surface area (Å²) in [6.45, 7) is 5.76. The molecule has 0 aromatic carbocycles. The number of piperidine rings is 1. The van der Waals surface area contributed by atoms with Crippen LogP contribution in [-0.2, 0) is 9.53 Å². The Morgan fingerprint density at radius 2 is 2.06 bits per heavy atom. The van der Waals surface area contributed by atoms with Crippen LogP contribution in [0.3, 0.4) is 0 Å². The molecule has 0 bridgehead atoms. The van der Waals surface area contributed by atoms with Gasteiger partial charge in [0.25, 0.3) is 0 Å². The van der Waals surface area contributed by atoms with E-state index in [1.54, 1.807) is 7.11 Å². The SMILES string of the molecule is COCC1CCN(C(=O)C2CCNC2C)CC1. The van der Waals surface area contributed by atoms with Gasteiger partial charge in [0.2, 0.25) is 5.91 Å². The van der Waals surface area contributed by atoms with Gasteiger partial charge in [0.15, 0.2) is 0 Å². The van der Waals surface area contributed by atoms with Crippen molar-refractivity contribution in [2.75, 3.05) is 33.4 Å². The first-order chi connectivity index (χ1) is 8.22. The van der Waals surface area contributed by atoms with E-state index >= 15 is 0 Å². The second-order valence-electron chi connectivity index (χ2n) is 5.36. The number of hydrogen-bond acceptors (Lipinski definition) is 3. The highest BCUT2D eigenvalue weighted by atomic mass is 16.5. The molecule has 1 N–H and O–H groups in total. The number of methoxy groups -OCH3 is 1. The highest BCUT2D eigenvalue weighted by Crippen LogP contribution is 2.23. The Morgan fingerprint density at radius 3 is 2.59 bits per heavy atom. The lowest BCUT2D eigenvalue weighted by atomic mass is 9.94. The lowest BCUT2D eigenvalue weighted by Gasteiger charge is -2.34. The van der Waals surface area contributed by atoms with Crippen LogP contribution in [0.25, 0.3) is 0 Å². The van der Waals surface area contributed by atoms with E-state index in [-0.39, 0.29) is 5.92 Å². The number of rotatable bonds is 3. The zero-order valence-corrected chi connectivity index (χ0v) is 10.9. The Labute approximate surface area is 104 Å². The average molecular weight is 240 g/mol. The largest absolute Gasteiger partial charge is 0.384 e. The van der Waals surface area contributed by atoms with E-state index in [0.717, 1.165) is 45.5 Å². The number of carbonyl (C=O) groups is 1. The second kappa shape index (κ2) is 5.83. The molecule has 0 aromatic heterocycles. The quantitative estimate of drug-likeness (QED) is 0.796. The normalized spacial score (nSPS) is 30.8. The molecule has 98 valence electrons. The highest BCUT2D eigenvalue weighted by molar-refractivity contribution is 5.80. The molecule has 17 heavy (non-hydrogen) atoms. The van der Waals surface area contributed by atoms with Gasteiger partial charge in [-0.05, 0) is 38.6 Å². The fourth-order valence-corrected chi connectivity index (χ4v) is 2.99. The molecule has 2 unspecified atom stereocenters. The summed E-state index contributed by atoms with van der Waals surface area (Å²) in [5, 5.41) is 3.35. The summed E-state index contributed by atoms with van der Waals surface area (Å²) in [5.74, 6) is 1.20. The van der Waals surface area contributed by atoms with E-state index < -0.39 is 0 Å². The van der Waals surface area contributed by atoms with Crippen LogP contribution in [0, 0.1) is 11.8 Å². The Balaban J connectivity index is 1.82. The monoisotopic (exact) mass is 240 g/mol. The van der Waals surface area contributed by atoms with Gasteiger partial charge in [-0.1, -0.05) is 0 Å². The fourth-order valence-electron chi connectivity index (χ4n) is 2.99. The van der Waals surface area contributed by atoms with E-state index in [2.05, 4.69) is 17.1 Å². The van der Waals surface area contributed by atoms with Crippen molar-refractivity contribution in [3.63, 3.8) is 0 Å². The Morgan fingerprint density at radius 1 is 1.35 bits per heavy atom.